The summed E-state index contributed by atoms with van der Waals surface area (Å²) in [6, 6.07) is 9.76. The lowest BCUT2D eigenvalue weighted by Gasteiger charge is -2.10. The Morgan fingerprint density at radius 2 is 2.00 bits per heavy atom. The van der Waals surface area contributed by atoms with E-state index in [2.05, 4.69) is 15.0 Å². The first kappa shape index (κ1) is 18.8. The minimum absolute atomic E-state index is 0.0266. The molecule has 0 bridgehead atoms. The predicted octanol–water partition coefficient (Wildman–Crippen LogP) is 3.15. The quantitative estimate of drug-likeness (QED) is 0.650. The van der Waals surface area contributed by atoms with Gasteiger partial charge in [0.05, 0.1) is 10.5 Å². The van der Waals surface area contributed by atoms with Gasteiger partial charge in [-0.15, -0.1) is 0 Å². The number of nitrogens with one attached hydrogen (secondary N) is 2. The molecule has 2 aromatic carbocycles. The minimum atomic E-state index is -3.76. The monoisotopic (exact) mass is 487 g/mol. The van der Waals surface area contributed by atoms with Crippen LogP contribution in [0.15, 0.2) is 52.4 Å². The van der Waals surface area contributed by atoms with E-state index in [4.69, 9.17) is 0 Å². The maximum absolute atomic E-state index is 13.2. The zero-order chi connectivity index (χ0) is 18.7. The molecule has 2 N–H and O–H groups in total. The van der Waals surface area contributed by atoms with Crippen LogP contribution in [-0.4, -0.2) is 26.7 Å². The summed E-state index contributed by atoms with van der Waals surface area (Å²) in [4.78, 5) is 16.5. The second-order valence-corrected chi connectivity index (χ2v) is 8.49. The first-order valence-corrected chi connectivity index (χ1v) is 10.3. The summed E-state index contributed by atoms with van der Waals surface area (Å²) < 4.78 is 41.0. The third kappa shape index (κ3) is 4.39. The smallest absolute Gasteiger partial charge is 0.262 e. The Balaban J connectivity index is 1.79. The minimum Gasteiger partial charge on any atom is -0.322 e. The van der Waals surface area contributed by atoms with Crippen LogP contribution in [-0.2, 0) is 10.0 Å². The van der Waals surface area contributed by atoms with E-state index in [0.717, 1.165) is 6.42 Å². The normalized spacial score (nSPS) is 14.0. The Morgan fingerprint density at radius 3 is 2.69 bits per heavy atom. The number of aliphatic imine (C=N–C) groups is 1. The fourth-order valence-corrected chi connectivity index (χ4v) is 4.31. The predicted molar refractivity (Wildman–Crippen MR) is 105 cm³/mol. The molecule has 26 heavy (non-hydrogen) atoms. The molecule has 0 saturated heterocycles. The Kier molecular flexibility index (Phi) is 5.56. The summed E-state index contributed by atoms with van der Waals surface area (Å²) in [7, 11) is -3.76. The molecule has 0 saturated carbocycles. The van der Waals surface area contributed by atoms with E-state index in [-0.39, 0.29) is 4.90 Å². The lowest BCUT2D eigenvalue weighted by atomic mass is 10.2. The zero-order valence-corrected chi connectivity index (χ0v) is 16.5. The Labute approximate surface area is 164 Å². The van der Waals surface area contributed by atoms with Crippen LogP contribution in [0.3, 0.4) is 0 Å². The molecule has 3 rings (SSSR count). The van der Waals surface area contributed by atoms with Crippen molar-refractivity contribution in [3.8, 4) is 0 Å². The van der Waals surface area contributed by atoms with E-state index >= 15 is 0 Å². The molecule has 0 aliphatic carbocycles. The van der Waals surface area contributed by atoms with Crippen molar-refractivity contribution in [1.82, 2.24) is 4.72 Å². The van der Waals surface area contributed by atoms with Crippen LogP contribution in [0.5, 0.6) is 0 Å². The summed E-state index contributed by atoms with van der Waals surface area (Å²) in [6.07, 6.45) is 1.42. The summed E-state index contributed by atoms with van der Waals surface area (Å²) >= 11 is 1.87. The van der Waals surface area contributed by atoms with Gasteiger partial charge in [-0.1, -0.05) is 6.07 Å². The molecule has 0 fully saturated rings. The summed E-state index contributed by atoms with van der Waals surface area (Å²) in [5, 5.41) is 2.64. The molecular formula is C17H15FIN3O3S. The maximum Gasteiger partial charge on any atom is 0.262 e. The molecule has 6 nitrogen and oxygen atoms in total. The van der Waals surface area contributed by atoms with Crippen molar-refractivity contribution in [3.05, 3.63) is 57.4 Å². The SMILES string of the molecule is O=C(Nc1cccc(S(=O)(=O)NC2=NCCC2)c1)c1ccc(F)cc1I. The lowest BCUT2D eigenvalue weighted by Crippen LogP contribution is -2.29. The number of carbonyl (C=O) groups excluding carboxylic acids is 1. The number of carbonyl (C=O) groups is 1. The van der Waals surface area contributed by atoms with Crippen molar-refractivity contribution in [2.75, 3.05) is 11.9 Å². The number of sulfonamides is 1. The molecule has 9 heteroatoms. The molecule has 136 valence electrons. The second kappa shape index (κ2) is 7.70. The van der Waals surface area contributed by atoms with Gasteiger partial charge in [0, 0.05) is 22.2 Å². The van der Waals surface area contributed by atoms with Gasteiger partial charge in [0.25, 0.3) is 15.9 Å². The largest absolute Gasteiger partial charge is 0.322 e. The number of rotatable bonds is 4. The van der Waals surface area contributed by atoms with Crippen molar-refractivity contribution in [2.24, 2.45) is 4.99 Å². The summed E-state index contributed by atoms with van der Waals surface area (Å²) in [5.41, 5.74) is 0.630. The highest BCUT2D eigenvalue weighted by molar-refractivity contribution is 14.1. The standard InChI is InChI=1S/C17H15FIN3O3S/c18-11-6-7-14(15(19)9-11)17(23)21-12-3-1-4-13(10-12)26(24,25)22-16-5-2-8-20-16/h1,3-4,6-7,9-10H,2,5,8H2,(H,20,22)(H,21,23). The number of benzene rings is 2. The third-order valence-electron chi connectivity index (χ3n) is 3.70. The zero-order valence-electron chi connectivity index (χ0n) is 13.5. The van der Waals surface area contributed by atoms with Gasteiger partial charge in [-0.2, -0.15) is 0 Å². The molecule has 0 unspecified atom stereocenters. The molecule has 1 heterocycles. The van der Waals surface area contributed by atoms with Crippen molar-refractivity contribution in [3.63, 3.8) is 0 Å². The van der Waals surface area contributed by atoms with Crippen LogP contribution in [0.4, 0.5) is 10.1 Å². The van der Waals surface area contributed by atoms with Crippen molar-refractivity contribution < 1.29 is 17.6 Å². The van der Waals surface area contributed by atoms with Gasteiger partial charge in [-0.05, 0) is 65.4 Å². The van der Waals surface area contributed by atoms with Gasteiger partial charge in [-0.25, -0.2) is 12.8 Å². The Morgan fingerprint density at radius 1 is 1.19 bits per heavy atom. The van der Waals surface area contributed by atoms with Crippen LogP contribution in [0.25, 0.3) is 0 Å². The molecule has 1 aliphatic heterocycles. The summed E-state index contributed by atoms with van der Waals surface area (Å²) in [6.45, 7) is 0.615. The number of halogens is 2. The lowest BCUT2D eigenvalue weighted by molar-refractivity contribution is 0.102. The van der Waals surface area contributed by atoms with Gasteiger partial charge in [0.2, 0.25) is 0 Å². The van der Waals surface area contributed by atoms with E-state index in [1.54, 1.807) is 6.07 Å². The third-order valence-corrected chi connectivity index (χ3v) is 5.98. The number of anilines is 1. The Bertz CT molecular complexity index is 992. The first-order chi connectivity index (χ1) is 12.3. The van der Waals surface area contributed by atoms with Crippen LogP contribution in [0, 0.1) is 9.39 Å². The van der Waals surface area contributed by atoms with E-state index in [1.165, 1.54) is 36.4 Å². The van der Waals surface area contributed by atoms with E-state index < -0.39 is 21.7 Å². The van der Waals surface area contributed by atoms with Crippen LogP contribution in [0.1, 0.15) is 23.2 Å². The average Bonchev–Trinajstić information content (AvgIpc) is 3.07. The number of hydrogen-bond acceptors (Lipinski definition) is 4. The molecule has 0 spiro atoms. The number of amidine groups is 1. The number of nitrogens with zero attached hydrogens (tertiary/aromatic N) is 1. The fourth-order valence-electron chi connectivity index (χ4n) is 2.45. The molecule has 1 aliphatic rings. The van der Waals surface area contributed by atoms with Crippen molar-refractivity contribution in [2.45, 2.75) is 17.7 Å². The van der Waals surface area contributed by atoms with Crippen LogP contribution < -0.4 is 10.0 Å². The van der Waals surface area contributed by atoms with Gasteiger partial charge in [-0.3, -0.25) is 14.5 Å². The summed E-state index contributed by atoms with van der Waals surface area (Å²) in [5.74, 6) is -0.433. The van der Waals surface area contributed by atoms with E-state index in [0.29, 0.717) is 33.6 Å². The second-order valence-electron chi connectivity index (χ2n) is 5.64. The molecule has 1 amide bonds. The molecule has 0 aromatic heterocycles. The molecule has 0 atom stereocenters. The molecular weight excluding hydrogens is 472 g/mol. The topological polar surface area (TPSA) is 87.6 Å². The Hall–Kier alpha value is -2.01. The van der Waals surface area contributed by atoms with Gasteiger partial charge < -0.3 is 5.32 Å². The van der Waals surface area contributed by atoms with Crippen molar-refractivity contribution in [1.29, 1.82) is 0 Å². The van der Waals surface area contributed by atoms with E-state index in [1.807, 2.05) is 22.6 Å². The number of amides is 1. The van der Waals surface area contributed by atoms with Gasteiger partial charge >= 0.3 is 0 Å². The highest BCUT2D eigenvalue weighted by Gasteiger charge is 2.19. The molecule has 2 aromatic rings. The van der Waals surface area contributed by atoms with Crippen LogP contribution >= 0.6 is 22.6 Å². The van der Waals surface area contributed by atoms with Gasteiger partial charge in [0.1, 0.15) is 11.7 Å². The highest BCUT2D eigenvalue weighted by Crippen LogP contribution is 2.19. The highest BCUT2D eigenvalue weighted by atomic mass is 127. The molecule has 0 radical (unpaired) electrons. The van der Waals surface area contributed by atoms with Crippen molar-refractivity contribution >= 4 is 50.0 Å². The van der Waals surface area contributed by atoms with Crippen LogP contribution in [0.2, 0.25) is 0 Å². The maximum atomic E-state index is 13.2. The fraction of sp³-hybridized carbons (Fsp3) is 0.176. The first-order valence-electron chi connectivity index (χ1n) is 7.78. The number of hydrogen-bond donors (Lipinski definition) is 2. The van der Waals surface area contributed by atoms with E-state index in [9.17, 15) is 17.6 Å². The van der Waals surface area contributed by atoms with Gasteiger partial charge in [0.15, 0.2) is 0 Å². The average molecular weight is 487 g/mol.